The fraction of sp³-hybridized carbons (Fsp3) is 0.0870. The van der Waals surface area contributed by atoms with Crippen molar-refractivity contribution in [3.8, 4) is 23.2 Å². The molecule has 1 amide bonds. The third-order valence-corrected chi connectivity index (χ3v) is 4.71. The fourth-order valence-corrected chi connectivity index (χ4v) is 3.37. The quantitative estimate of drug-likeness (QED) is 0.418. The van der Waals surface area contributed by atoms with Gasteiger partial charge in [-0.1, -0.05) is 36.4 Å². The van der Waals surface area contributed by atoms with E-state index in [4.69, 9.17) is 10.00 Å². The number of methoxy groups -OCH3 is 1. The Morgan fingerprint density at radius 3 is 2.69 bits per heavy atom. The van der Waals surface area contributed by atoms with Gasteiger partial charge in [-0.05, 0) is 42.0 Å². The van der Waals surface area contributed by atoms with Crippen molar-refractivity contribution < 1.29 is 9.53 Å². The van der Waals surface area contributed by atoms with Crippen molar-refractivity contribution in [2.24, 2.45) is 0 Å². The summed E-state index contributed by atoms with van der Waals surface area (Å²) in [5.74, 6) is 0.280. The first kappa shape index (κ1) is 18.3. The molecule has 0 spiro atoms. The first-order valence-corrected chi connectivity index (χ1v) is 9.07. The van der Waals surface area contributed by atoms with Gasteiger partial charge >= 0.3 is 0 Å². The van der Waals surface area contributed by atoms with E-state index < -0.39 is 5.91 Å². The van der Waals surface area contributed by atoms with Gasteiger partial charge in [0.25, 0.3) is 5.91 Å². The maximum Gasteiger partial charge on any atom is 0.282 e. The molecular formula is C23H18N4O2. The molecule has 6 heteroatoms. The number of rotatable bonds is 5. The highest BCUT2D eigenvalue weighted by Gasteiger charge is 2.14. The van der Waals surface area contributed by atoms with E-state index in [9.17, 15) is 4.79 Å². The zero-order chi connectivity index (χ0) is 20.2. The van der Waals surface area contributed by atoms with E-state index in [1.807, 2.05) is 42.5 Å². The summed E-state index contributed by atoms with van der Waals surface area (Å²) in [7, 11) is 1.65. The van der Waals surface area contributed by atoms with Crippen LogP contribution >= 0.6 is 0 Å². The molecule has 0 saturated heterocycles. The number of ether oxygens (including phenoxy) is 1. The van der Waals surface area contributed by atoms with Crippen molar-refractivity contribution in [1.29, 1.82) is 5.26 Å². The topological polar surface area (TPSA) is 79.9 Å². The van der Waals surface area contributed by atoms with Crippen LogP contribution in [0.2, 0.25) is 0 Å². The van der Waals surface area contributed by atoms with Crippen LogP contribution < -0.4 is 10.1 Å². The Balaban J connectivity index is 1.81. The zero-order valence-corrected chi connectivity index (χ0v) is 15.8. The molecule has 142 valence electrons. The lowest BCUT2D eigenvalue weighted by atomic mass is 10.1. The number of nitrogens with zero attached hydrogens (tertiary/aromatic N) is 3. The van der Waals surface area contributed by atoms with Crippen LogP contribution in [0.5, 0.6) is 5.75 Å². The van der Waals surface area contributed by atoms with E-state index in [-0.39, 0.29) is 5.69 Å². The third-order valence-electron chi connectivity index (χ3n) is 4.71. The maximum absolute atomic E-state index is 12.0. The number of hydrogen-bond donors (Lipinski definition) is 1. The molecule has 1 N–H and O–H groups in total. The minimum absolute atomic E-state index is 0.212. The van der Waals surface area contributed by atoms with Gasteiger partial charge in [0.2, 0.25) is 0 Å². The molecule has 0 fully saturated rings. The number of nitriles is 1. The second-order valence-corrected chi connectivity index (χ2v) is 6.49. The Morgan fingerprint density at radius 2 is 1.93 bits per heavy atom. The molecule has 4 aromatic rings. The molecule has 2 aromatic heterocycles. The summed E-state index contributed by atoms with van der Waals surface area (Å²) in [5.41, 5.74) is 4.10. The van der Waals surface area contributed by atoms with Gasteiger partial charge < -0.3 is 9.30 Å². The standard InChI is InChI=1S/C23H18N4O2/c1-29-19-10-11-21-17(12-19)13-22(16-6-3-2-4-7-16)27(21)14-18-8-5-9-20(26-18)23(28)25-15-24/h2-13H,14H2,1H3,(H,25,28). The number of carbonyl (C=O) groups excluding carboxylic acids is 1. The molecule has 0 unspecified atom stereocenters. The third kappa shape index (κ3) is 3.66. The summed E-state index contributed by atoms with van der Waals surface area (Å²) in [5, 5.41) is 11.8. The Bertz CT molecular complexity index is 1220. The van der Waals surface area contributed by atoms with E-state index in [2.05, 4.69) is 33.1 Å². The first-order chi connectivity index (χ1) is 14.2. The lowest BCUT2D eigenvalue weighted by Gasteiger charge is -2.12. The van der Waals surface area contributed by atoms with Gasteiger partial charge in [-0.3, -0.25) is 10.1 Å². The molecule has 4 rings (SSSR count). The van der Waals surface area contributed by atoms with Crippen molar-refractivity contribution in [2.45, 2.75) is 6.54 Å². The van der Waals surface area contributed by atoms with E-state index in [0.717, 1.165) is 33.6 Å². The molecule has 0 atom stereocenters. The predicted octanol–water partition coefficient (Wildman–Crippen LogP) is 3.97. The molecule has 2 heterocycles. The zero-order valence-electron chi connectivity index (χ0n) is 15.8. The van der Waals surface area contributed by atoms with Crippen LogP contribution in [0.1, 0.15) is 16.2 Å². The van der Waals surface area contributed by atoms with Gasteiger partial charge in [-0.15, -0.1) is 0 Å². The second kappa shape index (κ2) is 7.87. The highest BCUT2D eigenvalue weighted by molar-refractivity contribution is 5.93. The van der Waals surface area contributed by atoms with Crippen LogP contribution in [0.15, 0.2) is 72.8 Å². The van der Waals surface area contributed by atoms with Crippen molar-refractivity contribution in [3.63, 3.8) is 0 Å². The van der Waals surface area contributed by atoms with Crippen LogP contribution in [-0.4, -0.2) is 22.6 Å². The summed E-state index contributed by atoms with van der Waals surface area (Å²) >= 11 is 0. The number of aromatic nitrogens is 2. The summed E-state index contributed by atoms with van der Waals surface area (Å²) in [6.07, 6.45) is 1.64. The lowest BCUT2D eigenvalue weighted by Crippen LogP contribution is -2.19. The monoisotopic (exact) mass is 382 g/mol. The second-order valence-electron chi connectivity index (χ2n) is 6.49. The number of carbonyl (C=O) groups is 1. The number of hydrogen-bond acceptors (Lipinski definition) is 4. The number of pyridine rings is 1. The Labute approximate surface area is 168 Å². The molecule has 0 saturated carbocycles. The average molecular weight is 382 g/mol. The SMILES string of the molecule is COc1ccc2c(c1)cc(-c1ccccc1)n2Cc1cccc(C(=O)NC#N)n1. The minimum Gasteiger partial charge on any atom is -0.497 e. The van der Waals surface area contributed by atoms with Crippen LogP contribution in [0.25, 0.3) is 22.2 Å². The van der Waals surface area contributed by atoms with E-state index in [1.54, 1.807) is 25.4 Å². The molecule has 0 radical (unpaired) electrons. The number of fused-ring (bicyclic) bond motifs is 1. The first-order valence-electron chi connectivity index (χ1n) is 9.07. The Hall–Kier alpha value is -4.11. The van der Waals surface area contributed by atoms with E-state index >= 15 is 0 Å². The number of benzene rings is 2. The number of amides is 1. The highest BCUT2D eigenvalue weighted by atomic mass is 16.5. The Kier molecular flexibility index (Phi) is 4.95. The van der Waals surface area contributed by atoms with Crippen LogP contribution in [-0.2, 0) is 6.54 Å². The highest BCUT2D eigenvalue weighted by Crippen LogP contribution is 2.31. The summed E-state index contributed by atoms with van der Waals surface area (Å²) in [4.78, 5) is 16.4. The molecule has 2 aromatic carbocycles. The number of nitrogens with one attached hydrogen (secondary N) is 1. The fourth-order valence-electron chi connectivity index (χ4n) is 3.37. The predicted molar refractivity (Wildman–Crippen MR) is 110 cm³/mol. The van der Waals surface area contributed by atoms with E-state index in [0.29, 0.717) is 6.54 Å². The molecule has 6 nitrogen and oxygen atoms in total. The summed E-state index contributed by atoms with van der Waals surface area (Å²) < 4.78 is 7.53. The van der Waals surface area contributed by atoms with Gasteiger partial charge in [0.15, 0.2) is 6.19 Å². The van der Waals surface area contributed by atoms with Crippen LogP contribution in [0, 0.1) is 11.5 Å². The molecule has 0 bridgehead atoms. The van der Waals surface area contributed by atoms with Gasteiger partial charge in [0.1, 0.15) is 11.4 Å². The van der Waals surface area contributed by atoms with Gasteiger partial charge in [0, 0.05) is 16.6 Å². The van der Waals surface area contributed by atoms with Gasteiger partial charge in [-0.25, -0.2) is 4.98 Å². The van der Waals surface area contributed by atoms with Crippen molar-refractivity contribution >= 4 is 16.8 Å². The molecule has 0 aliphatic carbocycles. The molecular weight excluding hydrogens is 364 g/mol. The largest absolute Gasteiger partial charge is 0.497 e. The minimum atomic E-state index is -0.514. The van der Waals surface area contributed by atoms with Crippen LogP contribution in [0.4, 0.5) is 0 Å². The van der Waals surface area contributed by atoms with Crippen molar-refractivity contribution in [3.05, 3.63) is 84.2 Å². The molecule has 29 heavy (non-hydrogen) atoms. The Morgan fingerprint density at radius 1 is 1.10 bits per heavy atom. The average Bonchev–Trinajstić information content (AvgIpc) is 3.12. The van der Waals surface area contributed by atoms with E-state index in [1.165, 1.54) is 0 Å². The smallest absolute Gasteiger partial charge is 0.282 e. The normalized spacial score (nSPS) is 10.5. The van der Waals surface area contributed by atoms with Crippen molar-refractivity contribution in [1.82, 2.24) is 14.9 Å². The summed E-state index contributed by atoms with van der Waals surface area (Å²) in [6, 6.07) is 23.4. The van der Waals surface area contributed by atoms with Crippen molar-refractivity contribution in [2.75, 3.05) is 7.11 Å². The summed E-state index contributed by atoms with van der Waals surface area (Å²) in [6.45, 7) is 0.480. The van der Waals surface area contributed by atoms with Gasteiger partial charge in [-0.2, -0.15) is 5.26 Å². The molecule has 0 aliphatic rings. The van der Waals surface area contributed by atoms with Gasteiger partial charge in [0.05, 0.1) is 19.3 Å². The lowest BCUT2D eigenvalue weighted by molar-refractivity contribution is 0.0967. The van der Waals surface area contributed by atoms with Crippen LogP contribution in [0.3, 0.4) is 0 Å². The molecule has 0 aliphatic heterocycles. The maximum atomic E-state index is 12.0.